The molecule has 1 unspecified atom stereocenters. The summed E-state index contributed by atoms with van der Waals surface area (Å²) in [5.41, 5.74) is 0. The summed E-state index contributed by atoms with van der Waals surface area (Å²) in [7, 11) is 0. The van der Waals surface area contributed by atoms with Crippen molar-refractivity contribution in [2.75, 3.05) is 0 Å². The molecule has 12 heavy (non-hydrogen) atoms. The number of Topliss-reactive ketones (excluding diaryl/α,β-unsaturated/α-hetero) is 1. The van der Waals surface area contributed by atoms with Crippen molar-refractivity contribution >= 4 is 5.78 Å². The van der Waals surface area contributed by atoms with Gasteiger partial charge < -0.3 is 0 Å². The van der Waals surface area contributed by atoms with Gasteiger partial charge in [-0.25, -0.2) is 0 Å². The van der Waals surface area contributed by atoms with Crippen molar-refractivity contribution in [3.8, 4) is 0 Å². The Balaban J connectivity index is 2.25. The second-order valence-corrected chi connectivity index (χ2v) is 3.50. The van der Waals surface area contributed by atoms with Crippen molar-refractivity contribution in [1.29, 1.82) is 0 Å². The molecule has 1 fully saturated rings. The van der Waals surface area contributed by atoms with Crippen molar-refractivity contribution in [1.82, 2.24) is 0 Å². The van der Waals surface area contributed by atoms with Gasteiger partial charge in [-0.3, -0.25) is 4.79 Å². The number of hydrogen-bond acceptors (Lipinski definition) is 1. The SMILES string of the molecule is C=CCCC1[CH]CC(=O)CCC1. The molecule has 0 heterocycles. The third-order valence-corrected chi connectivity index (χ3v) is 2.45. The monoisotopic (exact) mass is 165 g/mol. The minimum Gasteiger partial charge on any atom is -0.300 e. The lowest BCUT2D eigenvalue weighted by molar-refractivity contribution is -0.118. The van der Waals surface area contributed by atoms with Crippen LogP contribution in [0.15, 0.2) is 12.7 Å². The smallest absolute Gasteiger partial charge is 0.133 e. The molecule has 0 aliphatic heterocycles. The molecule has 0 spiro atoms. The molecule has 1 saturated carbocycles. The average molecular weight is 165 g/mol. The standard InChI is InChI=1S/C11H17O/c1-2-3-5-10-6-4-7-11(12)9-8-10/h2,8,10H,1,3-7,9H2. The van der Waals surface area contributed by atoms with Crippen molar-refractivity contribution in [2.45, 2.75) is 38.5 Å². The first-order valence-corrected chi connectivity index (χ1v) is 4.79. The fraction of sp³-hybridized carbons (Fsp3) is 0.636. The van der Waals surface area contributed by atoms with Crippen LogP contribution in [-0.4, -0.2) is 5.78 Å². The summed E-state index contributed by atoms with van der Waals surface area (Å²) < 4.78 is 0. The van der Waals surface area contributed by atoms with Gasteiger partial charge >= 0.3 is 0 Å². The van der Waals surface area contributed by atoms with E-state index >= 15 is 0 Å². The van der Waals surface area contributed by atoms with Crippen LogP contribution in [0.5, 0.6) is 0 Å². The molecule has 1 aliphatic rings. The zero-order valence-corrected chi connectivity index (χ0v) is 7.59. The highest BCUT2D eigenvalue weighted by molar-refractivity contribution is 5.79. The summed E-state index contributed by atoms with van der Waals surface area (Å²) in [4.78, 5) is 11.1. The Morgan fingerprint density at radius 1 is 1.67 bits per heavy atom. The molecule has 0 N–H and O–H groups in total. The Bertz CT molecular complexity index is 160. The summed E-state index contributed by atoms with van der Waals surface area (Å²) in [5.74, 6) is 1.07. The van der Waals surface area contributed by atoms with Gasteiger partial charge in [-0.05, 0) is 38.0 Å². The van der Waals surface area contributed by atoms with Gasteiger partial charge in [0, 0.05) is 12.8 Å². The van der Waals surface area contributed by atoms with E-state index < -0.39 is 0 Å². The summed E-state index contributed by atoms with van der Waals surface area (Å²) in [6.07, 6.45) is 10.2. The number of rotatable bonds is 3. The minimum absolute atomic E-state index is 0.413. The van der Waals surface area contributed by atoms with Gasteiger partial charge in [0.25, 0.3) is 0 Å². The van der Waals surface area contributed by atoms with Crippen LogP contribution in [0.2, 0.25) is 0 Å². The summed E-state index contributed by atoms with van der Waals surface area (Å²) in [5, 5.41) is 0. The van der Waals surface area contributed by atoms with Gasteiger partial charge in [-0.2, -0.15) is 0 Å². The van der Waals surface area contributed by atoms with Crippen LogP contribution in [0.3, 0.4) is 0 Å². The first-order chi connectivity index (χ1) is 5.83. The molecule has 0 aromatic carbocycles. The number of ketones is 1. The normalized spacial score (nSPS) is 25.0. The van der Waals surface area contributed by atoms with E-state index in [4.69, 9.17) is 0 Å². The van der Waals surface area contributed by atoms with Crippen LogP contribution in [0.25, 0.3) is 0 Å². The minimum atomic E-state index is 0.413. The van der Waals surface area contributed by atoms with Crippen LogP contribution >= 0.6 is 0 Å². The first-order valence-electron chi connectivity index (χ1n) is 4.79. The highest BCUT2D eigenvalue weighted by Crippen LogP contribution is 2.23. The van der Waals surface area contributed by atoms with Gasteiger partial charge in [0.05, 0.1) is 0 Å². The molecule has 0 aromatic heterocycles. The van der Waals surface area contributed by atoms with Crippen LogP contribution < -0.4 is 0 Å². The lowest BCUT2D eigenvalue weighted by Gasteiger charge is -2.10. The highest BCUT2D eigenvalue weighted by atomic mass is 16.1. The number of hydrogen-bond donors (Lipinski definition) is 0. The molecule has 0 saturated heterocycles. The molecule has 0 aromatic rings. The van der Waals surface area contributed by atoms with Crippen LogP contribution in [-0.2, 0) is 4.79 Å². The zero-order chi connectivity index (χ0) is 8.81. The molecular weight excluding hydrogens is 148 g/mol. The Hall–Kier alpha value is -0.590. The van der Waals surface area contributed by atoms with Gasteiger partial charge in [-0.1, -0.05) is 6.08 Å². The topological polar surface area (TPSA) is 17.1 Å². The van der Waals surface area contributed by atoms with Gasteiger partial charge in [-0.15, -0.1) is 6.58 Å². The van der Waals surface area contributed by atoms with Crippen molar-refractivity contribution in [3.63, 3.8) is 0 Å². The molecule has 1 rings (SSSR count). The Labute approximate surface area is 74.9 Å². The highest BCUT2D eigenvalue weighted by Gasteiger charge is 2.15. The second-order valence-electron chi connectivity index (χ2n) is 3.50. The van der Waals surface area contributed by atoms with E-state index in [1.54, 1.807) is 0 Å². The van der Waals surface area contributed by atoms with Crippen LogP contribution in [0, 0.1) is 12.3 Å². The summed E-state index contributed by atoms with van der Waals surface area (Å²) in [6.45, 7) is 3.70. The molecule has 1 atom stereocenters. The largest absolute Gasteiger partial charge is 0.300 e. The van der Waals surface area contributed by atoms with E-state index in [1.807, 2.05) is 6.08 Å². The van der Waals surface area contributed by atoms with E-state index in [0.717, 1.165) is 19.3 Å². The maximum atomic E-state index is 11.1. The predicted molar refractivity (Wildman–Crippen MR) is 50.7 cm³/mol. The van der Waals surface area contributed by atoms with E-state index in [-0.39, 0.29) is 0 Å². The number of carbonyl (C=O) groups excluding carboxylic acids is 1. The second kappa shape index (κ2) is 5.13. The molecule has 1 heteroatoms. The fourth-order valence-corrected chi connectivity index (χ4v) is 1.67. The Morgan fingerprint density at radius 3 is 3.25 bits per heavy atom. The lowest BCUT2D eigenvalue weighted by Crippen LogP contribution is -1.99. The number of carbonyl (C=O) groups is 1. The third kappa shape index (κ3) is 3.21. The maximum absolute atomic E-state index is 11.1. The van der Waals surface area contributed by atoms with E-state index in [2.05, 4.69) is 13.0 Å². The fourth-order valence-electron chi connectivity index (χ4n) is 1.67. The number of allylic oxidation sites excluding steroid dienone is 1. The molecule has 1 nitrogen and oxygen atoms in total. The van der Waals surface area contributed by atoms with Gasteiger partial charge in [0.1, 0.15) is 5.78 Å². The lowest BCUT2D eigenvalue weighted by atomic mass is 9.95. The third-order valence-electron chi connectivity index (χ3n) is 2.45. The van der Waals surface area contributed by atoms with Crippen LogP contribution in [0.1, 0.15) is 38.5 Å². The molecule has 0 amide bonds. The molecule has 1 aliphatic carbocycles. The van der Waals surface area contributed by atoms with E-state index in [1.165, 1.54) is 12.8 Å². The molecule has 1 radical (unpaired) electrons. The molecular formula is C11H17O. The summed E-state index contributed by atoms with van der Waals surface area (Å²) in [6, 6.07) is 0. The van der Waals surface area contributed by atoms with Crippen molar-refractivity contribution in [3.05, 3.63) is 19.1 Å². The summed E-state index contributed by atoms with van der Waals surface area (Å²) >= 11 is 0. The first kappa shape index (κ1) is 9.50. The van der Waals surface area contributed by atoms with Crippen molar-refractivity contribution in [2.24, 2.45) is 5.92 Å². The molecule has 0 bridgehead atoms. The van der Waals surface area contributed by atoms with Gasteiger partial charge in [0.15, 0.2) is 0 Å². The predicted octanol–water partition coefficient (Wildman–Crippen LogP) is 2.92. The average Bonchev–Trinajstić information content (AvgIpc) is 2.27. The quantitative estimate of drug-likeness (QED) is 0.464. The van der Waals surface area contributed by atoms with E-state index in [9.17, 15) is 4.79 Å². The van der Waals surface area contributed by atoms with E-state index in [0.29, 0.717) is 18.1 Å². The van der Waals surface area contributed by atoms with Crippen LogP contribution in [0.4, 0.5) is 0 Å². The Morgan fingerprint density at radius 2 is 2.50 bits per heavy atom. The molecule has 67 valence electrons. The Kier molecular flexibility index (Phi) is 4.06. The maximum Gasteiger partial charge on any atom is 0.133 e. The van der Waals surface area contributed by atoms with Gasteiger partial charge in [0.2, 0.25) is 0 Å². The van der Waals surface area contributed by atoms with Crippen molar-refractivity contribution < 1.29 is 4.79 Å². The zero-order valence-electron chi connectivity index (χ0n) is 7.59.